The number of aliphatic hydroxyl groups is 1. The van der Waals surface area contributed by atoms with E-state index >= 15 is 0 Å². The number of benzene rings is 1. The lowest BCUT2D eigenvalue weighted by molar-refractivity contribution is -0.141. The van der Waals surface area contributed by atoms with E-state index in [-0.39, 0.29) is 12.5 Å². The van der Waals surface area contributed by atoms with E-state index in [1.54, 1.807) is 0 Å². The first-order chi connectivity index (χ1) is 16.2. The molecule has 0 amide bonds. The number of alkyl halides is 3. The van der Waals surface area contributed by atoms with Crippen molar-refractivity contribution in [1.29, 1.82) is 0 Å². The molecule has 3 heterocycles. The molecule has 1 aromatic carbocycles. The van der Waals surface area contributed by atoms with E-state index in [0.29, 0.717) is 28.3 Å². The van der Waals surface area contributed by atoms with Crippen molar-refractivity contribution in [3.05, 3.63) is 71.7 Å². The van der Waals surface area contributed by atoms with E-state index < -0.39 is 23.9 Å². The molecule has 2 atom stereocenters. The molecule has 0 aliphatic heterocycles. The molecule has 0 bridgehead atoms. The molecular weight excluding hydrogens is 470 g/mol. The molecular formula is C23H21F4N5OS. The van der Waals surface area contributed by atoms with E-state index in [1.165, 1.54) is 35.9 Å². The maximum absolute atomic E-state index is 13.5. The van der Waals surface area contributed by atoms with Crippen LogP contribution in [0.2, 0.25) is 0 Å². The number of nitrogens with zero attached hydrogens (tertiary/aromatic N) is 3. The third kappa shape index (κ3) is 5.16. The standard InChI is InChI=1S/C23H21F4N5OS/c1-12(14-4-5-19(29-8-14)23(25,26)27)17(28)10-31-22-32-18(11-33)21(34-22)13-2-3-15-9-30-20(24)7-16(15)6-13/h2-9,12,17,33H,10-11,28H2,1H3,(H,31,32)/t12-,17+/m0/s1. The van der Waals surface area contributed by atoms with Crippen molar-refractivity contribution < 1.29 is 22.7 Å². The number of hydrogen-bond donors (Lipinski definition) is 3. The quantitative estimate of drug-likeness (QED) is 0.250. The summed E-state index contributed by atoms with van der Waals surface area (Å²) in [5.41, 5.74) is 7.15. The third-order valence-corrected chi connectivity index (χ3v) is 6.64. The summed E-state index contributed by atoms with van der Waals surface area (Å²) in [4.78, 5) is 12.3. The first-order valence-corrected chi connectivity index (χ1v) is 11.2. The predicted octanol–water partition coefficient (Wildman–Crippen LogP) is 4.95. The van der Waals surface area contributed by atoms with Crippen molar-refractivity contribution in [3.8, 4) is 10.4 Å². The summed E-state index contributed by atoms with van der Waals surface area (Å²) >= 11 is 1.32. The lowest BCUT2D eigenvalue weighted by atomic mass is 9.95. The molecule has 0 aliphatic rings. The first-order valence-electron chi connectivity index (χ1n) is 10.3. The molecule has 34 heavy (non-hydrogen) atoms. The fourth-order valence-electron chi connectivity index (χ4n) is 3.49. The number of hydrogen-bond acceptors (Lipinski definition) is 7. The van der Waals surface area contributed by atoms with Gasteiger partial charge in [0.05, 0.1) is 17.2 Å². The van der Waals surface area contributed by atoms with Crippen molar-refractivity contribution in [2.24, 2.45) is 5.73 Å². The summed E-state index contributed by atoms with van der Waals surface area (Å²) in [6, 6.07) is 8.71. The van der Waals surface area contributed by atoms with Gasteiger partial charge in [0.25, 0.3) is 0 Å². The van der Waals surface area contributed by atoms with Gasteiger partial charge in [-0.2, -0.15) is 17.6 Å². The normalized spacial score (nSPS) is 13.7. The van der Waals surface area contributed by atoms with Gasteiger partial charge in [-0.3, -0.25) is 4.98 Å². The summed E-state index contributed by atoms with van der Waals surface area (Å²) in [6.07, 6.45) is -1.85. The Labute approximate surface area is 196 Å². The largest absolute Gasteiger partial charge is 0.433 e. The van der Waals surface area contributed by atoms with E-state index in [0.717, 1.165) is 21.9 Å². The van der Waals surface area contributed by atoms with Gasteiger partial charge in [-0.1, -0.05) is 36.5 Å². The monoisotopic (exact) mass is 491 g/mol. The minimum absolute atomic E-state index is 0.261. The Hall–Kier alpha value is -3.15. The van der Waals surface area contributed by atoms with Gasteiger partial charge in [-0.25, -0.2) is 9.97 Å². The topological polar surface area (TPSA) is 97.0 Å². The average Bonchev–Trinajstić information content (AvgIpc) is 3.24. The van der Waals surface area contributed by atoms with E-state index in [2.05, 4.69) is 20.3 Å². The van der Waals surface area contributed by atoms with Crippen LogP contribution in [0.1, 0.15) is 29.8 Å². The lowest BCUT2D eigenvalue weighted by Crippen LogP contribution is -2.34. The summed E-state index contributed by atoms with van der Waals surface area (Å²) in [5, 5.41) is 14.9. The first kappa shape index (κ1) is 24.0. The zero-order valence-corrected chi connectivity index (χ0v) is 18.8. The van der Waals surface area contributed by atoms with Crippen LogP contribution < -0.4 is 11.1 Å². The second-order valence-corrected chi connectivity index (χ2v) is 8.83. The molecule has 0 saturated heterocycles. The zero-order chi connectivity index (χ0) is 24.5. The smallest absolute Gasteiger partial charge is 0.390 e. The van der Waals surface area contributed by atoms with Gasteiger partial charge in [-0.05, 0) is 34.6 Å². The number of halogens is 4. The number of rotatable bonds is 7. The van der Waals surface area contributed by atoms with Crippen LogP contribution >= 0.6 is 11.3 Å². The molecule has 0 aliphatic carbocycles. The Bertz CT molecular complexity index is 1290. The highest BCUT2D eigenvalue weighted by Crippen LogP contribution is 2.35. The Morgan fingerprint density at radius 2 is 1.88 bits per heavy atom. The molecule has 4 aromatic rings. The van der Waals surface area contributed by atoms with Crippen LogP contribution in [-0.2, 0) is 12.8 Å². The van der Waals surface area contributed by atoms with Gasteiger partial charge < -0.3 is 16.2 Å². The summed E-state index contributed by atoms with van der Waals surface area (Å²) < 4.78 is 51.7. The van der Waals surface area contributed by atoms with Gasteiger partial charge in [-0.15, -0.1) is 0 Å². The van der Waals surface area contributed by atoms with Gasteiger partial charge in [0.2, 0.25) is 5.95 Å². The van der Waals surface area contributed by atoms with Crippen molar-refractivity contribution in [2.45, 2.75) is 31.7 Å². The van der Waals surface area contributed by atoms with Crippen molar-refractivity contribution in [2.75, 3.05) is 11.9 Å². The molecule has 0 unspecified atom stereocenters. The van der Waals surface area contributed by atoms with E-state index in [1.807, 2.05) is 25.1 Å². The van der Waals surface area contributed by atoms with Gasteiger partial charge >= 0.3 is 6.18 Å². The number of anilines is 1. The fraction of sp³-hybridized carbons (Fsp3) is 0.261. The summed E-state index contributed by atoms with van der Waals surface area (Å²) in [7, 11) is 0. The van der Waals surface area contributed by atoms with Gasteiger partial charge in [0, 0.05) is 36.4 Å². The summed E-state index contributed by atoms with van der Waals surface area (Å²) in [5.74, 6) is -0.840. The van der Waals surface area contributed by atoms with Crippen LogP contribution in [0.15, 0.2) is 48.8 Å². The number of pyridine rings is 2. The molecule has 4 N–H and O–H groups in total. The molecule has 4 rings (SSSR count). The third-order valence-electron chi connectivity index (χ3n) is 5.53. The summed E-state index contributed by atoms with van der Waals surface area (Å²) in [6.45, 7) is 1.83. The molecule has 0 saturated carbocycles. The maximum Gasteiger partial charge on any atom is 0.433 e. The molecule has 11 heteroatoms. The Morgan fingerprint density at radius 3 is 2.56 bits per heavy atom. The second kappa shape index (κ2) is 9.61. The number of aromatic nitrogens is 3. The molecule has 3 aromatic heterocycles. The van der Waals surface area contributed by atoms with Crippen molar-refractivity contribution in [3.63, 3.8) is 0 Å². The maximum atomic E-state index is 13.5. The Kier molecular flexibility index (Phi) is 6.78. The molecule has 0 spiro atoms. The zero-order valence-electron chi connectivity index (χ0n) is 18.0. The van der Waals surface area contributed by atoms with Gasteiger partial charge in [0.1, 0.15) is 5.69 Å². The van der Waals surface area contributed by atoms with Crippen LogP contribution in [0.5, 0.6) is 0 Å². The average molecular weight is 492 g/mol. The lowest BCUT2D eigenvalue weighted by Gasteiger charge is -2.20. The van der Waals surface area contributed by atoms with E-state index in [4.69, 9.17) is 5.73 Å². The van der Waals surface area contributed by atoms with Crippen LogP contribution in [0, 0.1) is 5.95 Å². The molecule has 0 fully saturated rings. The highest BCUT2D eigenvalue weighted by Gasteiger charge is 2.32. The molecule has 0 radical (unpaired) electrons. The fourth-order valence-corrected chi connectivity index (χ4v) is 4.46. The highest BCUT2D eigenvalue weighted by atomic mass is 32.1. The van der Waals surface area contributed by atoms with Crippen LogP contribution in [-0.4, -0.2) is 32.6 Å². The SMILES string of the molecule is C[C@@H](c1ccc(C(F)(F)F)nc1)[C@H](N)CNc1nc(CO)c(-c2ccc3cnc(F)cc3c2)s1. The number of aliphatic hydroxyl groups excluding tert-OH is 1. The minimum Gasteiger partial charge on any atom is -0.390 e. The Morgan fingerprint density at radius 1 is 1.09 bits per heavy atom. The number of fused-ring (bicyclic) bond motifs is 1. The minimum atomic E-state index is -4.49. The predicted molar refractivity (Wildman–Crippen MR) is 123 cm³/mol. The van der Waals surface area contributed by atoms with Crippen molar-refractivity contribution >= 4 is 27.2 Å². The second-order valence-electron chi connectivity index (χ2n) is 7.83. The Balaban J connectivity index is 1.47. The molecule has 178 valence electrons. The van der Waals surface area contributed by atoms with E-state index in [9.17, 15) is 22.7 Å². The molecule has 6 nitrogen and oxygen atoms in total. The number of nitrogens with two attached hydrogens (primary N) is 1. The van der Waals surface area contributed by atoms with Crippen LogP contribution in [0.3, 0.4) is 0 Å². The van der Waals surface area contributed by atoms with Crippen molar-refractivity contribution in [1.82, 2.24) is 15.0 Å². The van der Waals surface area contributed by atoms with Crippen LogP contribution in [0.4, 0.5) is 22.7 Å². The number of nitrogens with one attached hydrogen (secondary N) is 1. The van der Waals surface area contributed by atoms with Gasteiger partial charge in [0.15, 0.2) is 5.13 Å². The highest BCUT2D eigenvalue weighted by molar-refractivity contribution is 7.19. The number of thiazole rings is 1. The van der Waals surface area contributed by atoms with Crippen LogP contribution in [0.25, 0.3) is 21.2 Å².